The van der Waals surface area contributed by atoms with E-state index in [0.29, 0.717) is 5.56 Å². The summed E-state index contributed by atoms with van der Waals surface area (Å²) < 4.78 is 10.4. The van der Waals surface area contributed by atoms with Crippen LogP contribution in [0.15, 0.2) is 30.3 Å². The number of hydrogen-bond acceptors (Lipinski definition) is 8. The Morgan fingerprint density at radius 3 is 1.93 bits per heavy atom. The van der Waals surface area contributed by atoms with Gasteiger partial charge in [0.25, 0.3) is 0 Å². The van der Waals surface area contributed by atoms with Crippen LogP contribution in [0.1, 0.15) is 60.5 Å². The molecule has 0 heterocycles. The third kappa shape index (κ3) is 13.6. The first-order valence-corrected chi connectivity index (χ1v) is 13.4. The molecule has 0 spiro atoms. The maximum Gasteiger partial charge on any atom is 0.408 e. The normalized spacial score (nSPS) is 13.4. The van der Waals surface area contributed by atoms with Crippen molar-refractivity contribution in [1.82, 2.24) is 21.3 Å². The summed E-state index contributed by atoms with van der Waals surface area (Å²) in [5.74, 6) is -4.26. The van der Waals surface area contributed by atoms with Crippen molar-refractivity contribution in [3.8, 4) is 0 Å². The molecule has 0 aromatic heterocycles. The molecule has 0 aliphatic heterocycles. The van der Waals surface area contributed by atoms with Gasteiger partial charge in [0.15, 0.2) is 0 Å². The lowest BCUT2D eigenvalue weighted by Gasteiger charge is -2.26. The molecule has 0 radical (unpaired) electrons. The lowest BCUT2D eigenvalue weighted by atomic mass is 10.00. The number of nitrogens with two attached hydrogens (primary N) is 1. The molecule has 0 saturated carbocycles. The maximum atomic E-state index is 12.9. The standard InChI is InChI=1S/C28H43N5O8/c1-16(2)22(24(29)36)33-26(38)23(17(3)4)32-20(34)14-30-25(37)19(13-21(35)41-28(5,6)7)31-27(39)40-15-18-11-9-8-10-12-18/h8-12,16-17,19,22-23H,13-15H2,1-7H3,(H2,29,36)(H,30,37)(H,31,39)(H,32,34)(H,33,38)/t19-,22-,23-/m0/s1. The molecule has 0 fully saturated rings. The van der Waals surface area contributed by atoms with E-state index in [1.54, 1.807) is 78.8 Å². The lowest BCUT2D eigenvalue weighted by molar-refractivity contribution is -0.156. The second-order valence-electron chi connectivity index (χ2n) is 11.2. The van der Waals surface area contributed by atoms with Gasteiger partial charge in [-0.3, -0.25) is 24.0 Å². The SMILES string of the molecule is CC(C)[C@H](NC(=O)[C@@H](NC(=O)CNC(=O)[C@H](CC(=O)OC(C)(C)C)NC(=O)OCc1ccccc1)C(C)C)C(N)=O. The smallest absolute Gasteiger partial charge is 0.408 e. The molecule has 0 saturated heterocycles. The predicted octanol–water partition coefficient (Wildman–Crippen LogP) is 0.896. The van der Waals surface area contributed by atoms with Gasteiger partial charge in [0.05, 0.1) is 13.0 Å². The molecular formula is C28H43N5O8. The van der Waals surface area contributed by atoms with E-state index in [2.05, 4.69) is 21.3 Å². The summed E-state index contributed by atoms with van der Waals surface area (Å²) in [7, 11) is 0. The fraction of sp³-hybridized carbons (Fsp3) is 0.571. The molecule has 3 atom stereocenters. The number of esters is 1. The van der Waals surface area contributed by atoms with Gasteiger partial charge in [-0.25, -0.2) is 4.79 Å². The van der Waals surface area contributed by atoms with Crippen LogP contribution >= 0.6 is 0 Å². The van der Waals surface area contributed by atoms with Crippen molar-refractivity contribution >= 4 is 35.7 Å². The lowest BCUT2D eigenvalue weighted by Crippen LogP contribution is -2.57. The molecule has 0 bridgehead atoms. The van der Waals surface area contributed by atoms with Crippen molar-refractivity contribution in [3.05, 3.63) is 35.9 Å². The first-order chi connectivity index (χ1) is 19.0. The number of benzene rings is 1. The van der Waals surface area contributed by atoms with E-state index in [4.69, 9.17) is 15.2 Å². The number of nitrogens with one attached hydrogen (secondary N) is 4. The minimum atomic E-state index is -1.41. The van der Waals surface area contributed by atoms with Gasteiger partial charge in [-0.05, 0) is 38.2 Å². The van der Waals surface area contributed by atoms with Gasteiger partial charge < -0.3 is 36.5 Å². The highest BCUT2D eigenvalue weighted by molar-refractivity contribution is 5.94. The number of carbonyl (C=O) groups is 6. The summed E-state index contributed by atoms with van der Waals surface area (Å²) in [6.45, 7) is 11.1. The number of hydrogen-bond donors (Lipinski definition) is 5. The zero-order valence-corrected chi connectivity index (χ0v) is 24.7. The fourth-order valence-electron chi connectivity index (χ4n) is 3.53. The highest BCUT2D eigenvalue weighted by atomic mass is 16.6. The molecule has 13 nitrogen and oxygen atoms in total. The Kier molecular flexibility index (Phi) is 13.8. The molecule has 228 valence electrons. The minimum absolute atomic E-state index is 0.0675. The molecule has 1 aromatic carbocycles. The highest BCUT2D eigenvalue weighted by Gasteiger charge is 2.31. The van der Waals surface area contributed by atoms with Gasteiger partial charge in [-0.1, -0.05) is 58.0 Å². The second kappa shape index (κ2) is 16.2. The monoisotopic (exact) mass is 577 g/mol. The number of alkyl carbamates (subject to hydrolysis) is 1. The summed E-state index contributed by atoms with van der Waals surface area (Å²) in [5.41, 5.74) is 5.25. The zero-order chi connectivity index (χ0) is 31.3. The first kappa shape index (κ1) is 34.9. The van der Waals surface area contributed by atoms with E-state index in [9.17, 15) is 28.8 Å². The van der Waals surface area contributed by atoms with Crippen LogP contribution in [0.4, 0.5) is 4.79 Å². The van der Waals surface area contributed by atoms with Gasteiger partial charge in [0, 0.05) is 0 Å². The first-order valence-electron chi connectivity index (χ1n) is 13.4. The van der Waals surface area contributed by atoms with E-state index >= 15 is 0 Å². The van der Waals surface area contributed by atoms with E-state index in [0.717, 1.165) is 0 Å². The van der Waals surface area contributed by atoms with Crippen LogP contribution in [0.3, 0.4) is 0 Å². The quantitative estimate of drug-likeness (QED) is 0.201. The maximum absolute atomic E-state index is 12.9. The topological polar surface area (TPSA) is 195 Å². The summed E-state index contributed by atoms with van der Waals surface area (Å²) in [4.78, 5) is 74.8. The largest absolute Gasteiger partial charge is 0.460 e. The Bertz CT molecular complexity index is 1070. The minimum Gasteiger partial charge on any atom is -0.460 e. The molecule has 0 aliphatic rings. The molecule has 1 aromatic rings. The van der Waals surface area contributed by atoms with Crippen LogP contribution in [-0.2, 0) is 40.1 Å². The third-order valence-corrected chi connectivity index (χ3v) is 5.57. The molecule has 13 heteroatoms. The van der Waals surface area contributed by atoms with Gasteiger partial charge in [-0.2, -0.15) is 0 Å². The number of ether oxygens (including phenoxy) is 2. The zero-order valence-electron chi connectivity index (χ0n) is 24.7. The summed E-state index contributed by atoms with van der Waals surface area (Å²) in [6.07, 6.45) is -1.47. The van der Waals surface area contributed by atoms with Gasteiger partial charge in [0.1, 0.15) is 30.3 Å². The Morgan fingerprint density at radius 1 is 0.829 bits per heavy atom. The number of primary amides is 1. The van der Waals surface area contributed by atoms with Crippen molar-refractivity contribution in [3.63, 3.8) is 0 Å². The Morgan fingerprint density at radius 2 is 1.41 bits per heavy atom. The van der Waals surface area contributed by atoms with Crippen molar-refractivity contribution in [2.45, 2.75) is 85.2 Å². The fourth-order valence-corrected chi connectivity index (χ4v) is 3.53. The number of carbonyl (C=O) groups excluding carboxylic acids is 6. The van der Waals surface area contributed by atoms with Crippen molar-refractivity contribution in [1.29, 1.82) is 0 Å². The van der Waals surface area contributed by atoms with Gasteiger partial charge in [0.2, 0.25) is 23.6 Å². The van der Waals surface area contributed by atoms with Crippen LogP contribution in [0.2, 0.25) is 0 Å². The van der Waals surface area contributed by atoms with E-state index in [1.807, 2.05) is 0 Å². The highest BCUT2D eigenvalue weighted by Crippen LogP contribution is 2.10. The van der Waals surface area contributed by atoms with Crippen LogP contribution in [0, 0.1) is 11.8 Å². The van der Waals surface area contributed by atoms with Crippen molar-refractivity contribution in [2.75, 3.05) is 6.54 Å². The molecule has 1 rings (SSSR count). The third-order valence-electron chi connectivity index (χ3n) is 5.57. The Balaban J connectivity index is 2.85. The second-order valence-corrected chi connectivity index (χ2v) is 11.2. The Hall–Kier alpha value is -4.16. The predicted molar refractivity (Wildman–Crippen MR) is 150 cm³/mol. The molecule has 0 aliphatic carbocycles. The summed E-state index contributed by atoms with van der Waals surface area (Å²) in [5, 5.41) is 9.76. The summed E-state index contributed by atoms with van der Waals surface area (Å²) >= 11 is 0. The van der Waals surface area contributed by atoms with Crippen LogP contribution in [-0.4, -0.2) is 66.0 Å². The van der Waals surface area contributed by atoms with E-state index < -0.39 is 72.4 Å². The molecule has 6 N–H and O–H groups in total. The number of rotatable bonds is 14. The average Bonchev–Trinajstić information content (AvgIpc) is 2.86. The van der Waals surface area contributed by atoms with Gasteiger partial charge >= 0.3 is 12.1 Å². The molecule has 0 unspecified atom stereocenters. The summed E-state index contributed by atoms with van der Waals surface area (Å²) in [6, 6.07) is 5.48. The van der Waals surface area contributed by atoms with Crippen LogP contribution in [0.25, 0.3) is 0 Å². The van der Waals surface area contributed by atoms with E-state index in [1.165, 1.54) is 0 Å². The average molecular weight is 578 g/mol. The van der Waals surface area contributed by atoms with Crippen LogP contribution < -0.4 is 27.0 Å². The molecular weight excluding hydrogens is 534 g/mol. The van der Waals surface area contributed by atoms with Crippen molar-refractivity contribution < 1.29 is 38.2 Å². The number of amides is 5. The Labute approximate surface area is 240 Å². The van der Waals surface area contributed by atoms with Crippen LogP contribution in [0.5, 0.6) is 0 Å². The van der Waals surface area contributed by atoms with E-state index in [-0.39, 0.29) is 18.4 Å². The molecule has 5 amide bonds. The molecule has 41 heavy (non-hydrogen) atoms. The van der Waals surface area contributed by atoms with Crippen molar-refractivity contribution in [2.24, 2.45) is 17.6 Å². The van der Waals surface area contributed by atoms with Gasteiger partial charge in [-0.15, -0.1) is 0 Å².